The fourth-order valence-corrected chi connectivity index (χ4v) is 3.12. The third-order valence-corrected chi connectivity index (χ3v) is 4.44. The molecule has 108 valence electrons. The molecule has 5 heteroatoms. The fourth-order valence-electron chi connectivity index (χ4n) is 1.82. The molecule has 0 saturated carbocycles. The van der Waals surface area contributed by atoms with Gasteiger partial charge in [-0.2, -0.15) is 0 Å². The molecule has 0 aliphatic heterocycles. The Balaban J connectivity index is 2.66. The molecule has 19 heavy (non-hydrogen) atoms. The van der Waals surface area contributed by atoms with E-state index in [0.717, 1.165) is 18.9 Å². The zero-order valence-electron chi connectivity index (χ0n) is 12.0. The highest BCUT2D eigenvalue weighted by molar-refractivity contribution is 7.89. The van der Waals surface area contributed by atoms with Crippen molar-refractivity contribution in [2.75, 3.05) is 6.54 Å². The van der Waals surface area contributed by atoms with E-state index in [9.17, 15) is 12.8 Å². The van der Waals surface area contributed by atoms with E-state index in [-0.39, 0.29) is 10.3 Å². The van der Waals surface area contributed by atoms with Crippen molar-refractivity contribution in [2.45, 2.75) is 45.4 Å². The second-order valence-corrected chi connectivity index (χ2v) is 7.71. The van der Waals surface area contributed by atoms with Gasteiger partial charge in [-0.15, -0.1) is 0 Å². The summed E-state index contributed by atoms with van der Waals surface area (Å²) < 4.78 is 39.6. The third-order valence-electron chi connectivity index (χ3n) is 2.82. The lowest BCUT2D eigenvalue weighted by molar-refractivity contribution is 0.365. The van der Waals surface area contributed by atoms with Crippen molar-refractivity contribution in [1.82, 2.24) is 4.72 Å². The highest BCUT2D eigenvalue weighted by Gasteiger charge is 2.17. The largest absolute Gasteiger partial charge is 0.240 e. The summed E-state index contributed by atoms with van der Waals surface area (Å²) in [6.07, 6.45) is 1.72. The van der Waals surface area contributed by atoms with E-state index in [4.69, 9.17) is 0 Å². The minimum Gasteiger partial charge on any atom is -0.211 e. The smallest absolute Gasteiger partial charge is 0.211 e. The van der Waals surface area contributed by atoms with Crippen LogP contribution >= 0.6 is 0 Å². The van der Waals surface area contributed by atoms with Gasteiger partial charge in [0.25, 0.3) is 0 Å². The maximum atomic E-state index is 13.0. The van der Waals surface area contributed by atoms with Gasteiger partial charge in [-0.25, -0.2) is 17.5 Å². The highest BCUT2D eigenvalue weighted by atomic mass is 32.2. The van der Waals surface area contributed by atoms with Gasteiger partial charge in [-0.3, -0.25) is 0 Å². The molecule has 3 nitrogen and oxygen atoms in total. The molecule has 0 aliphatic rings. The number of benzene rings is 1. The van der Waals surface area contributed by atoms with Crippen LogP contribution in [0.25, 0.3) is 0 Å². The molecule has 0 amide bonds. The SMILES string of the molecule is Cc1cc(F)ccc1S(=O)(=O)NCCCC(C)(C)C. The van der Waals surface area contributed by atoms with Crippen LogP contribution in [0.2, 0.25) is 0 Å². The molecule has 0 spiro atoms. The molecule has 0 fully saturated rings. The van der Waals surface area contributed by atoms with Crippen LogP contribution in [0.3, 0.4) is 0 Å². The van der Waals surface area contributed by atoms with Gasteiger partial charge in [0.15, 0.2) is 0 Å². The number of halogens is 1. The molecular formula is C14H22FNO2S. The Bertz CT molecular complexity index is 533. The molecule has 1 aromatic rings. The molecule has 0 aromatic heterocycles. The van der Waals surface area contributed by atoms with Gasteiger partial charge in [0, 0.05) is 6.54 Å². The maximum absolute atomic E-state index is 13.0. The third kappa shape index (κ3) is 5.28. The lowest BCUT2D eigenvalue weighted by Crippen LogP contribution is -2.26. The monoisotopic (exact) mass is 287 g/mol. The average Bonchev–Trinajstić information content (AvgIpc) is 2.22. The van der Waals surface area contributed by atoms with E-state index in [0.29, 0.717) is 12.1 Å². The Hall–Kier alpha value is -0.940. The standard InChI is InChI=1S/C14H22FNO2S/c1-11-10-12(15)6-7-13(11)19(17,18)16-9-5-8-14(2,3)4/h6-7,10,16H,5,8-9H2,1-4H3. The molecule has 0 atom stereocenters. The summed E-state index contributed by atoms with van der Waals surface area (Å²) in [4.78, 5) is 0.143. The van der Waals surface area contributed by atoms with Crippen LogP contribution in [0.15, 0.2) is 23.1 Å². The molecule has 0 bridgehead atoms. The second-order valence-electron chi connectivity index (χ2n) is 5.97. The molecule has 0 aliphatic carbocycles. The quantitative estimate of drug-likeness (QED) is 0.845. The van der Waals surface area contributed by atoms with E-state index in [1.165, 1.54) is 12.1 Å². The summed E-state index contributed by atoms with van der Waals surface area (Å²) in [7, 11) is -3.54. The summed E-state index contributed by atoms with van der Waals surface area (Å²) in [5.74, 6) is -0.427. The van der Waals surface area contributed by atoms with Gasteiger partial charge in [0.2, 0.25) is 10.0 Å². The van der Waals surface area contributed by atoms with Gasteiger partial charge < -0.3 is 0 Å². The summed E-state index contributed by atoms with van der Waals surface area (Å²) in [6.45, 7) is 8.34. The van der Waals surface area contributed by atoms with Crippen LogP contribution in [0.4, 0.5) is 4.39 Å². The first-order valence-corrected chi connectivity index (χ1v) is 7.86. The Kier molecular flexibility index (Phi) is 5.10. The van der Waals surface area contributed by atoms with E-state index in [2.05, 4.69) is 25.5 Å². The zero-order chi connectivity index (χ0) is 14.7. The summed E-state index contributed by atoms with van der Waals surface area (Å²) in [5.41, 5.74) is 0.611. The fraction of sp³-hybridized carbons (Fsp3) is 0.571. The molecule has 0 radical (unpaired) electrons. The van der Waals surface area contributed by atoms with Crippen LogP contribution in [-0.2, 0) is 10.0 Å². The molecule has 1 rings (SSSR count). The van der Waals surface area contributed by atoms with Crippen molar-refractivity contribution in [3.05, 3.63) is 29.6 Å². The number of nitrogens with one attached hydrogen (secondary N) is 1. The van der Waals surface area contributed by atoms with Crippen LogP contribution < -0.4 is 4.72 Å². The van der Waals surface area contributed by atoms with Crippen molar-refractivity contribution >= 4 is 10.0 Å². The summed E-state index contributed by atoms with van der Waals surface area (Å²) in [6, 6.07) is 3.69. The van der Waals surface area contributed by atoms with Crippen LogP contribution in [0.1, 0.15) is 39.2 Å². The van der Waals surface area contributed by atoms with Crippen molar-refractivity contribution in [3.63, 3.8) is 0 Å². The Morgan fingerprint density at radius 2 is 1.89 bits per heavy atom. The maximum Gasteiger partial charge on any atom is 0.240 e. The van der Waals surface area contributed by atoms with E-state index in [1.54, 1.807) is 6.92 Å². The lowest BCUT2D eigenvalue weighted by atomic mass is 9.91. The number of sulfonamides is 1. The minimum absolute atomic E-state index is 0.143. The van der Waals surface area contributed by atoms with E-state index < -0.39 is 15.8 Å². The van der Waals surface area contributed by atoms with Crippen LogP contribution in [-0.4, -0.2) is 15.0 Å². The Labute approximate surface area is 115 Å². The molecule has 0 saturated heterocycles. The molecular weight excluding hydrogens is 265 g/mol. The van der Waals surface area contributed by atoms with Gasteiger partial charge in [-0.05, 0) is 48.9 Å². The van der Waals surface area contributed by atoms with E-state index in [1.807, 2.05) is 0 Å². The van der Waals surface area contributed by atoms with Crippen molar-refractivity contribution in [3.8, 4) is 0 Å². The Morgan fingerprint density at radius 1 is 1.26 bits per heavy atom. The first-order chi connectivity index (χ1) is 8.62. The molecule has 0 heterocycles. The van der Waals surface area contributed by atoms with Gasteiger partial charge >= 0.3 is 0 Å². The van der Waals surface area contributed by atoms with Crippen LogP contribution in [0.5, 0.6) is 0 Å². The predicted molar refractivity (Wildman–Crippen MR) is 75.0 cm³/mol. The predicted octanol–water partition coefficient (Wildman–Crippen LogP) is 3.24. The van der Waals surface area contributed by atoms with Crippen molar-refractivity contribution in [1.29, 1.82) is 0 Å². The Morgan fingerprint density at radius 3 is 2.42 bits per heavy atom. The topological polar surface area (TPSA) is 46.2 Å². The van der Waals surface area contributed by atoms with Crippen molar-refractivity contribution in [2.24, 2.45) is 5.41 Å². The van der Waals surface area contributed by atoms with Crippen molar-refractivity contribution < 1.29 is 12.8 Å². The normalized spacial score (nSPS) is 12.7. The van der Waals surface area contributed by atoms with Crippen LogP contribution in [0, 0.1) is 18.2 Å². The minimum atomic E-state index is -3.54. The first-order valence-electron chi connectivity index (χ1n) is 6.38. The van der Waals surface area contributed by atoms with Gasteiger partial charge in [-0.1, -0.05) is 20.8 Å². The molecule has 1 N–H and O–H groups in total. The van der Waals surface area contributed by atoms with Gasteiger partial charge in [0.05, 0.1) is 4.90 Å². The molecule has 1 aromatic carbocycles. The lowest BCUT2D eigenvalue weighted by Gasteiger charge is -2.17. The summed E-state index contributed by atoms with van der Waals surface area (Å²) in [5, 5.41) is 0. The first kappa shape index (κ1) is 16.1. The average molecular weight is 287 g/mol. The van der Waals surface area contributed by atoms with E-state index >= 15 is 0 Å². The summed E-state index contributed by atoms with van der Waals surface area (Å²) >= 11 is 0. The zero-order valence-corrected chi connectivity index (χ0v) is 12.8. The number of hydrogen-bond acceptors (Lipinski definition) is 2. The van der Waals surface area contributed by atoms with Gasteiger partial charge in [0.1, 0.15) is 5.82 Å². The number of aryl methyl sites for hydroxylation is 1. The molecule has 0 unspecified atom stereocenters. The second kappa shape index (κ2) is 6.01. The highest BCUT2D eigenvalue weighted by Crippen LogP contribution is 2.20. The number of hydrogen-bond donors (Lipinski definition) is 1. The number of rotatable bonds is 5.